The number of halogens is 1. The van der Waals surface area contributed by atoms with Crippen LogP contribution in [-0.2, 0) is 20.8 Å². The lowest BCUT2D eigenvalue weighted by molar-refractivity contribution is -0.139. The summed E-state index contributed by atoms with van der Waals surface area (Å²) in [6.07, 6.45) is 0.570. The average molecular weight is 511 g/mol. The molecule has 0 aliphatic carbocycles. The van der Waals surface area contributed by atoms with Crippen molar-refractivity contribution in [1.29, 1.82) is 0 Å². The molecular weight excluding hydrogens is 476 g/mol. The van der Waals surface area contributed by atoms with Gasteiger partial charge in [0.15, 0.2) is 0 Å². The monoisotopic (exact) mass is 511 g/mol. The second-order valence-corrected chi connectivity index (χ2v) is 10.4. The molecule has 0 saturated heterocycles. The highest BCUT2D eigenvalue weighted by atomic mass is 19.1. The van der Waals surface area contributed by atoms with Gasteiger partial charge in [-0.05, 0) is 49.4 Å². The van der Waals surface area contributed by atoms with Crippen molar-refractivity contribution in [2.75, 3.05) is 13.7 Å². The van der Waals surface area contributed by atoms with Crippen molar-refractivity contribution in [1.82, 2.24) is 15.7 Å². The molecule has 0 unspecified atom stereocenters. The Labute approximate surface area is 218 Å². The summed E-state index contributed by atoms with van der Waals surface area (Å²) in [7, 11) is 0.343. The number of hydrazine groups is 1. The lowest BCUT2D eigenvalue weighted by atomic mass is 9.72. The quantitative estimate of drug-likeness (QED) is 0.337. The Morgan fingerprint density at radius 2 is 1.81 bits per heavy atom. The molecule has 0 aromatic heterocycles. The Kier molecular flexibility index (Phi) is 8.76. The molecule has 0 bridgehead atoms. The Balaban J connectivity index is 1.95. The number of fused-ring (bicyclic) bond motifs is 1. The van der Waals surface area contributed by atoms with Crippen molar-refractivity contribution in [2.24, 2.45) is 5.41 Å². The average Bonchev–Trinajstić information content (AvgIpc) is 3.24. The van der Waals surface area contributed by atoms with Crippen molar-refractivity contribution < 1.29 is 28.2 Å². The topological polar surface area (TPSA) is 97.0 Å². The number of rotatable bonds is 7. The molecule has 1 atom stereocenters. The molecule has 0 saturated carbocycles. The maximum Gasteiger partial charge on any atom is 0.419 e. The highest BCUT2D eigenvalue weighted by molar-refractivity contribution is 6.66. The second-order valence-electron chi connectivity index (χ2n) is 10.4. The van der Waals surface area contributed by atoms with Gasteiger partial charge in [-0.15, -0.1) is 0 Å². The maximum absolute atomic E-state index is 15.7. The highest BCUT2D eigenvalue weighted by Gasteiger charge is 2.37. The Hall–Kier alpha value is -3.24. The number of esters is 1. The van der Waals surface area contributed by atoms with Gasteiger partial charge in [0, 0.05) is 11.0 Å². The molecule has 2 aromatic rings. The SMILES string of the molecule is CC[C@@H](N(NC(=O)c1ccc2c(c1F)B(NCC(=O)OC)OC2)C(=O)c1cc(C)cc(C)c1)C(C)(C)C. The highest BCUT2D eigenvalue weighted by Crippen LogP contribution is 2.28. The summed E-state index contributed by atoms with van der Waals surface area (Å²) >= 11 is 0. The minimum atomic E-state index is -0.909. The van der Waals surface area contributed by atoms with E-state index in [1.807, 2.05) is 47.6 Å². The van der Waals surface area contributed by atoms with Crippen LogP contribution in [0.4, 0.5) is 4.39 Å². The summed E-state index contributed by atoms with van der Waals surface area (Å²) in [6.45, 7) is 11.7. The number of nitrogens with zero attached hydrogens (tertiary/aromatic N) is 1. The molecule has 37 heavy (non-hydrogen) atoms. The van der Waals surface area contributed by atoms with Gasteiger partial charge in [-0.3, -0.25) is 19.8 Å². The number of aryl methyl sites for hydroxylation is 2. The van der Waals surface area contributed by atoms with Crippen LogP contribution < -0.4 is 16.1 Å². The minimum absolute atomic E-state index is 0.131. The van der Waals surface area contributed by atoms with E-state index in [4.69, 9.17) is 4.65 Å². The first-order valence-corrected chi connectivity index (χ1v) is 12.3. The molecule has 0 spiro atoms. The van der Waals surface area contributed by atoms with Crippen LogP contribution in [0.15, 0.2) is 30.3 Å². The van der Waals surface area contributed by atoms with Gasteiger partial charge in [0.2, 0.25) is 0 Å². The number of carbonyl (C=O) groups excluding carboxylic acids is 3. The lowest BCUT2D eigenvalue weighted by Crippen LogP contribution is -2.56. The van der Waals surface area contributed by atoms with E-state index in [9.17, 15) is 14.4 Å². The van der Waals surface area contributed by atoms with E-state index < -0.39 is 24.7 Å². The Morgan fingerprint density at radius 3 is 2.38 bits per heavy atom. The van der Waals surface area contributed by atoms with Gasteiger partial charge in [-0.25, -0.2) is 9.40 Å². The van der Waals surface area contributed by atoms with Crippen LogP contribution in [0.25, 0.3) is 0 Å². The van der Waals surface area contributed by atoms with Gasteiger partial charge in [0.25, 0.3) is 11.8 Å². The van der Waals surface area contributed by atoms with Gasteiger partial charge in [0.05, 0.1) is 31.9 Å². The fraction of sp³-hybridized carbons (Fsp3) is 0.444. The van der Waals surface area contributed by atoms with Crippen LogP contribution in [0.5, 0.6) is 0 Å². The molecule has 1 aliphatic heterocycles. The van der Waals surface area contributed by atoms with Crippen LogP contribution in [-0.4, -0.2) is 49.5 Å². The normalized spacial score (nSPS) is 13.7. The maximum atomic E-state index is 15.7. The van der Waals surface area contributed by atoms with E-state index in [2.05, 4.69) is 15.4 Å². The summed E-state index contributed by atoms with van der Waals surface area (Å²) in [5.41, 5.74) is 5.13. The number of methoxy groups -OCH3 is 1. The predicted octanol–water partition coefficient (Wildman–Crippen LogP) is 3.04. The van der Waals surface area contributed by atoms with Crippen LogP contribution in [0, 0.1) is 25.1 Å². The molecule has 10 heteroatoms. The van der Waals surface area contributed by atoms with Gasteiger partial charge in [-0.1, -0.05) is 51.0 Å². The molecule has 0 fully saturated rings. The van der Waals surface area contributed by atoms with Crippen molar-refractivity contribution in [3.8, 4) is 0 Å². The summed E-state index contributed by atoms with van der Waals surface area (Å²) < 4.78 is 25.9. The molecule has 2 amide bonds. The smallest absolute Gasteiger partial charge is 0.419 e. The van der Waals surface area contributed by atoms with E-state index in [1.54, 1.807) is 18.2 Å². The number of carbonyl (C=O) groups is 3. The van der Waals surface area contributed by atoms with Gasteiger partial charge in [0.1, 0.15) is 5.82 Å². The van der Waals surface area contributed by atoms with Crippen LogP contribution >= 0.6 is 0 Å². The lowest BCUT2D eigenvalue weighted by Gasteiger charge is -2.39. The first kappa shape index (κ1) is 28.3. The molecule has 1 heterocycles. The summed E-state index contributed by atoms with van der Waals surface area (Å²) in [4.78, 5) is 38.7. The fourth-order valence-electron chi connectivity index (χ4n) is 4.74. The second kappa shape index (κ2) is 11.4. The summed E-state index contributed by atoms with van der Waals surface area (Å²) in [6, 6.07) is 8.15. The Morgan fingerprint density at radius 1 is 1.16 bits per heavy atom. The van der Waals surface area contributed by atoms with E-state index in [1.165, 1.54) is 18.2 Å². The van der Waals surface area contributed by atoms with E-state index in [0.717, 1.165) is 11.1 Å². The van der Waals surface area contributed by atoms with Gasteiger partial charge in [-0.2, -0.15) is 0 Å². The number of amides is 2. The molecule has 198 valence electrons. The summed E-state index contributed by atoms with van der Waals surface area (Å²) in [5.74, 6) is -2.42. The largest absolute Gasteiger partial charge is 0.468 e. The first-order valence-electron chi connectivity index (χ1n) is 12.3. The van der Waals surface area contributed by atoms with Crippen LogP contribution in [0.3, 0.4) is 0 Å². The zero-order chi connectivity index (χ0) is 27.5. The number of nitrogens with one attached hydrogen (secondary N) is 2. The fourth-order valence-corrected chi connectivity index (χ4v) is 4.74. The molecule has 2 N–H and O–H groups in total. The van der Waals surface area contributed by atoms with Crippen LogP contribution in [0.2, 0.25) is 0 Å². The summed E-state index contributed by atoms with van der Waals surface area (Å²) in [5, 5.41) is 4.13. The third-order valence-electron chi connectivity index (χ3n) is 6.45. The number of hydrogen-bond acceptors (Lipinski definition) is 6. The van der Waals surface area contributed by atoms with E-state index in [-0.39, 0.29) is 41.5 Å². The number of ether oxygens (including phenoxy) is 1. The zero-order valence-corrected chi connectivity index (χ0v) is 22.5. The molecule has 3 rings (SSSR count). The molecule has 2 aromatic carbocycles. The predicted molar refractivity (Wildman–Crippen MR) is 140 cm³/mol. The van der Waals surface area contributed by atoms with Crippen molar-refractivity contribution in [3.63, 3.8) is 0 Å². The van der Waals surface area contributed by atoms with Gasteiger partial charge < -0.3 is 14.6 Å². The molecule has 8 nitrogen and oxygen atoms in total. The number of benzene rings is 2. The van der Waals surface area contributed by atoms with Gasteiger partial charge >= 0.3 is 13.0 Å². The zero-order valence-electron chi connectivity index (χ0n) is 22.5. The standard InChI is InChI=1S/C27H35BFN3O5/c1-8-21(27(4,5)6)32(26(35)19-12-16(2)11-17(3)13-19)31-25(34)20-10-9-18-15-37-28(23(18)24(20)29)30-14-22(33)36-7/h9-13,21,30H,8,14-15H2,1-7H3,(H,31,34)/t21-/m1/s1. The third kappa shape index (κ3) is 6.37. The molecule has 0 radical (unpaired) electrons. The third-order valence-corrected chi connectivity index (χ3v) is 6.45. The van der Waals surface area contributed by atoms with Crippen molar-refractivity contribution >= 4 is 30.3 Å². The Bertz CT molecular complexity index is 1180. The van der Waals surface area contributed by atoms with Crippen molar-refractivity contribution in [3.05, 3.63) is 64.0 Å². The van der Waals surface area contributed by atoms with Crippen molar-refractivity contribution in [2.45, 2.75) is 60.6 Å². The van der Waals surface area contributed by atoms with E-state index >= 15 is 4.39 Å². The number of hydrogen-bond donors (Lipinski definition) is 2. The van der Waals surface area contributed by atoms with E-state index in [0.29, 0.717) is 17.5 Å². The minimum Gasteiger partial charge on any atom is -0.468 e. The molecular formula is C27H35BFN3O5. The molecule has 1 aliphatic rings. The first-order chi connectivity index (χ1) is 17.4. The van der Waals surface area contributed by atoms with Crippen LogP contribution in [0.1, 0.15) is 71.5 Å².